The molecule has 0 aliphatic heterocycles. The number of nitrogens with one attached hydrogen (secondary N) is 2. The molecule has 0 aliphatic carbocycles. The lowest BCUT2D eigenvalue weighted by Gasteiger charge is -2.09. The molecule has 0 unspecified atom stereocenters. The van der Waals surface area contributed by atoms with Crippen LogP contribution >= 0.6 is 0 Å². The maximum absolute atomic E-state index is 5.17. The number of nitrogens with zero attached hydrogens (tertiary/aromatic N) is 2. The van der Waals surface area contributed by atoms with Crippen LogP contribution in [0.5, 0.6) is 5.75 Å². The van der Waals surface area contributed by atoms with Gasteiger partial charge in [0.1, 0.15) is 23.7 Å². The van der Waals surface area contributed by atoms with E-state index in [2.05, 4.69) is 51.8 Å². The molecule has 0 saturated heterocycles. The second kappa shape index (κ2) is 8.15. The summed E-state index contributed by atoms with van der Waals surface area (Å²) in [5.41, 5.74) is 3.49. The molecule has 0 amide bonds. The van der Waals surface area contributed by atoms with E-state index in [0.29, 0.717) is 0 Å². The number of rotatable bonds is 7. The largest absolute Gasteiger partial charge is 0.497 e. The number of ether oxygens (including phenoxy) is 1. The lowest BCUT2D eigenvalue weighted by molar-refractivity contribution is 0.414. The number of aromatic nitrogens is 2. The van der Waals surface area contributed by atoms with Crippen LogP contribution in [0.3, 0.4) is 0 Å². The van der Waals surface area contributed by atoms with Crippen LogP contribution < -0.4 is 15.4 Å². The molecule has 128 valence electrons. The van der Waals surface area contributed by atoms with E-state index in [1.54, 1.807) is 13.4 Å². The Balaban J connectivity index is 1.55. The molecule has 2 N–H and O–H groups in total. The summed E-state index contributed by atoms with van der Waals surface area (Å²) < 4.78 is 5.17. The van der Waals surface area contributed by atoms with Gasteiger partial charge >= 0.3 is 0 Å². The van der Waals surface area contributed by atoms with Gasteiger partial charge in [0, 0.05) is 18.3 Å². The zero-order chi connectivity index (χ0) is 17.5. The Kier molecular flexibility index (Phi) is 5.46. The Bertz CT molecular complexity index is 801. The molecule has 3 aromatic rings. The standard InChI is InChI=1S/C20H22N4O/c1-15-3-7-17(8-4-15)24-20-13-19(22-14-23-20)21-12-11-16-5-9-18(25-2)10-6-16/h3-10,13-14H,11-12H2,1-2H3,(H2,21,22,23,24). The van der Waals surface area contributed by atoms with Crippen molar-refractivity contribution in [2.75, 3.05) is 24.3 Å². The fraction of sp³-hybridized carbons (Fsp3) is 0.200. The number of methoxy groups -OCH3 is 1. The number of hydrogen-bond donors (Lipinski definition) is 2. The minimum absolute atomic E-state index is 0.769. The first-order valence-corrected chi connectivity index (χ1v) is 8.25. The van der Waals surface area contributed by atoms with Crippen LogP contribution in [0.25, 0.3) is 0 Å². The van der Waals surface area contributed by atoms with Gasteiger partial charge in [-0.1, -0.05) is 29.8 Å². The first-order chi connectivity index (χ1) is 12.2. The monoisotopic (exact) mass is 334 g/mol. The molecule has 1 heterocycles. The van der Waals surface area contributed by atoms with Gasteiger partial charge in [0.15, 0.2) is 0 Å². The van der Waals surface area contributed by atoms with Crippen LogP contribution in [-0.4, -0.2) is 23.6 Å². The van der Waals surface area contributed by atoms with Crippen LogP contribution in [0.2, 0.25) is 0 Å². The Labute approximate surface area is 148 Å². The molecular formula is C20H22N4O. The first kappa shape index (κ1) is 16.8. The van der Waals surface area contributed by atoms with Crippen molar-refractivity contribution >= 4 is 17.3 Å². The molecule has 0 spiro atoms. The smallest absolute Gasteiger partial charge is 0.135 e. The molecule has 0 aliphatic rings. The van der Waals surface area contributed by atoms with Crippen molar-refractivity contribution in [1.29, 1.82) is 0 Å². The van der Waals surface area contributed by atoms with Crippen molar-refractivity contribution in [2.45, 2.75) is 13.3 Å². The minimum Gasteiger partial charge on any atom is -0.497 e. The summed E-state index contributed by atoms with van der Waals surface area (Å²) in [7, 11) is 1.67. The summed E-state index contributed by atoms with van der Waals surface area (Å²) in [6.45, 7) is 2.87. The SMILES string of the molecule is COc1ccc(CCNc2cc(Nc3ccc(C)cc3)ncn2)cc1. The summed E-state index contributed by atoms with van der Waals surface area (Å²) in [6, 6.07) is 18.2. The summed E-state index contributed by atoms with van der Waals surface area (Å²) in [6.07, 6.45) is 2.47. The molecule has 0 bridgehead atoms. The predicted molar refractivity (Wildman–Crippen MR) is 102 cm³/mol. The van der Waals surface area contributed by atoms with Crippen LogP contribution in [0.1, 0.15) is 11.1 Å². The topological polar surface area (TPSA) is 59.1 Å². The van der Waals surface area contributed by atoms with Gasteiger partial charge in [-0.15, -0.1) is 0 Å². The van der Waals surface area contributed by atoms with E-state index < -0.39 is 0 Å². The number of hydrogen-bond acceptors (Lipinski definition) is 5. The molecule has 5 heteroatoms. The quantitative estimate of drug-likeness (QED) is 0.678. The van der Waals surface area contributed by atoms with E-state index in [1.807, 2.05) is 30.3 Å². The molecule has 0 radical (unpaired) electrons. The highest BCUT2D eigenvalue weighted by Crippen LogP contribution is 2.17. The van der Waals surface area contributed by atoms with Gasteiger partial charge in [-0.2, -0.15) is 0 Å². The molecule has 0 saturated carbocycles. The molecule has 0 atom stereocenters. The molecular weight excluding hydrogens is 312 g/mol. The number of anilines is 3. The maximum Gasteiger partial charge on any atom is 0.135 e. The fourth-order valence-corrected chi connectivity index (χ4v) is 2.43. The van der Waals surface area contributed by atoms with Crippen molar-refractivity contribution in [3.8, 4) is 5.75 Å². The van der Waals surface area contributed by atoms with E-state index in [-0.39, 0.29) is 0 Å². The van der Waals surface area contributed by atoms with E-state index in [1.165, 1.54) is 11.1 Å². The Morgan fingerprint density at radius 3 is 2.36 bits per heavy atom. The first-order valence-electron chi connectivity index (χ1n) is 8.25. The third kappa shape index (κ3) is 4.94. The molecule has 0 fully saturated rings. The van der Waals surface area contributed by atoms with Gasteiger partial charge in [0.2, 0.25) is 0 Å². The van der Waals surface area contributed by atoms with Gasteiger partial charge in [-0.3, -0.25) is 0 Å². The predicted octanol–water partition coefficient (Wildman–Crippen LogP) is 4.19. The summed E-state index contributed by atoms with van der Waals surface area (Å²) in [5, 5.41) is 6.62. The highest BCUT2D eigenvalue weighted by atomic mass is 16.5. The zero-order valence-electron chi connectivity index (χ0n) is 14.5. The lowest BCUT2D eigenvalue weighted by atomic mass is 10.1. The molecule has 2 aromatic carbocycles. The summed E-state index contributed by atoms with van der Waals surface area (Å²) >= 11 is 0. The second-order valence-electron chi connectivity index (χ2n) is 5.80. The third-order valence-electron chi connectivity index (χ3n) is 3.87. The Morgan fingerprint density at radius 1 is 0.920 bits per heavy atom. The van der Waals surface area contributed by atoms with Crippen molar-refractivity contribution in [3.63, 3.8) is 0 Å². The van der Waals surface area contributed by atoms with Crippen molar-refractivity contribution in [1.82, 2.24) is 9.97 Å². The van der Waals surface area contributed by atoms with Crippen molar-refractivity contribution in [3.05, 3.63) is 72.1 Å². The van der Waals surface area contributed by atoms with Gasteiger partial charge in [-0.05, 0) is 43.2 Å². The van der Waals surface area contributed by atoms with E-state index >= 15 is 0 Å². The molecule has 3 rings (SSSR count). The minimum atomic E-state index is 0.769. The Hall–Kier alpha value is -3.08. The highest BCUT2D eigenvalue weighted by molar-refractivity contribution is 5.59. The van der Waals surface area contributed by atoms with E-state index in [0.717, 1.165) is 36.0 Å². The normalized spacial score (nSPS) is 10.3. The van der Waals surface area contributed by atoms with Crippen LogP contribution in [0, 0.1) is 6.92 Å². The van der Waals surface area contributed by atoms with Gasteiger partial charge in [0.25, 0.3) is 0 Å². The van der Waals surface area contributed by atoms with E-state index in [4.69, 9.17) is 4.74 Å². The lowest BCUT2D eigenvalue weighted by Crippen LogP contribution is -2.07. The van der Waals surface area contributed by atoms with Crippen molar-refractivity contribution in [2.24, 2.45) is 0 Å². The number of benzene rings is 2. The Morgan fingerprint density at radius 2 is 1.64 bits per heavy atom. The molecule has 1 aromatic heterocycles. The van der Waals surface area contributed by atoms with Crippen LogP contribution in [-0.2, 0) is 6.42 Å². The molecule has 25 heavy (non-hydrogen) atoms. The van der Waals surface area contributed by atoms with E-state index in [9.17, 15) is 0 Å². The fourth-order valence-electron chi connectivity index (χ4n) is 2.43. The zero-order valence-corrected chi connectivity index (χ0v) is 14.5. The average Bonchev–Trinajstić information content (AvgIpc) is 2.65. The van der Waals surface area contributed by atoms with Crippen LogP contribution in [0.15, 0.2) is 60.9 Å². The highest BCUT2D eigenvalue weighted by Gasteiger charge is 2.00. The summed E-state index contributed by atoms with van der Waals surface area (Å²) in [4.78, 5) is 8.54. The maximum atomic E-state index is 5.17. The van der Waals surface area contributed by atoms with Crippen molar-refractivity contribution < 1.29 is 4.74 Å². The second-order valence-corrected chi connectivity index (χ2v) is 5.80. The van der Waals surface area contributed by atoms with Gasteiger partial charge in [-0.25, -0.2) is 9.97 Å². The van der Waals surface area contributed by atoms with Gasteiger partial charge in [0.05, 0.1) is 7.11 Å². The third-order valence-corrected chi connectivity index (χ3v) is 3.87. The van der Waals surface area contributed by atoms with Crippen LogP contribution in [0.4, 0.5) is 17.3 Å². The molecule has 5 nitrogen and oxygen atoms in total. The summed E-state index contributed by atoms with van der Waals surface area (Å²) in [5.74, 6) is 2.45. The average molecular weight is 334 g/mol. The number of aryl methyl sites for hydroxylation is 1. The van der Waals surface area contributed by atoms with Gasteiger partial charge < -0.3 is 15.4 Å².